The molecule has 1 heterocycles. The van der Waals surface area contributed by atoms with Gasteiger partial charge in [0.2, 0.25) is 5.91 Å². The Morgan fingerprint density at radius 2 is 1.89 bits per heavy atom. The topological polar surface area (TPSA) is 46.3 Å². The summed E-state index contributed by atoms with van der Waals surface area (Å²) in [5.41, 5.74) is 5.94. The zero-order chi connectivity index (χ0) is 13.5. The Bertz CT molecular complexity index is 251. The highest BCUT2D eigenvalue weighted by molar-refractivity contribution is 5.85. The Hall–Kier alpha value is -0.280. The molecule has 0 aliphatic carbocycles. The number of rotatable bonds is 6. The molecule has 2 atom stereocenters. The van der Waals surface area contributed by atoms with Crippen molar-refractivity contribution in [3.63, 3.8) is 0 Å². The van der Waals surface area contributed by atoms with E-state index < -0.39 is 0 Å². The first-order valence-electron chi connectivity index (χ1n) is 7.64. The van der Waals surface area contributed by atoms with Gasteiger partial charge in [0.1, 0.15) is 0 Å². The second-order valence-corrected chi connectivity index (χ2v) is 5.77. The van der Waals surface area contributed by atoms with Crippen molar-refractivity contribution < 1.29 is 4.79 Å². The van der Waals surface area contributed by atoms with Gasteiger partial charge in [-0.1, -0.05) is 26.7 Å². The third kappa shape index (κ3) is 5.70. The van der Waals surface area contributed by atoms with Crippen molar-refractivity contribution in [1.82, 2.24) is 4.90 Å². The Balaban J connectivity index is 0.00000324. The van der Waals surface area contributed by atoms with Crippen LogP contribution >= 0.6 is 12.4 Å². The molecule has 3 nitrogen and oxygen atoms in total. The third-order valence-electron chi connectivity index (χ3n) is 4.34. The van der Waals surface area contributed by atoms with Crippen LogP contribution in [-0.4, -0.2) is 29.9 Å². The molecule has 0 aromatic rings. The van der Waals surface area contributed by atoms with Crippen molar-refractivity contribution in [3.05, 3.63) is 0 Å². The van der Waals surface area contributed by atoms with Crippen LogP contribution < -0.4 is 5.73 Å². The van der Waals surface area contributed by atoms with Crippen LogP contribution in [0, 0.1) is 11.8 Å². The summed E-state index contributed by atoms with van der Waals surface area (Å²) in [6.45, 7) is 8.22. The summed E-state index contributed by atoms with van der Waals surface area (Å²) in [6.07, 6.45) is 6.53. The maximum Gasteiger partial charge on any atom is 0.225 e. The number of carbonyl (C=O) groups excluding carboxylic acids is 1. The van der Waals surface area contributed by atoms with Gasteiger partial charge < -0.3 is 10.6 Å². The number of nitrogens with two attached hydrogens (primary N) is 1. The van der Waals surface area contributed by atoms with E-state index in [0.717, 1.165) is 38.8 Å². The maximum absolute atomic E-state index is 12.4. The Morgan fingerprint density at radius 1 is 1.32 bits per heavy atom. The molecule has 0 bridgehead atoms. The predicted octanol–water partition coefficient (Wildman–Crippen LogP) is 3.21. The van der Waals surface area contributed by atoms with Crippen molar-refractivity contribution in [2.45, 2.75) is 65.3 Å². The SMILES string of the molecule is CCCCC(CC)C(=O)N1CCC(C(C)N)CC1.Cl. The van der Waals surface area contributed by atoms with Gasteiger partial charge in [-0.25, -0.2) is 0 Å². The first-order chi connectivity index (χ1) is 8.60. The molecule has 1 aliphatic heterocycles. The van der Waals surface area contributed by atoms with E-state index in [4.69, 9.17) is 5.73 Å². The Kier molecular flexibility index (Phi) is 9.46. The number of halogens is 1. The lowest BCUT2D eigenvalue weighted by molar-refractivity contribution is -0.137. The Morgan fingerprint density at radius 3 is 2.32 bits per heavy atom. The molecule has 1 aliphatic rings. The van der Waals surface area contributed by atoms with E-state index in [-0.39, 0.29) is 24.4 Å². The monoisotopic (exact) mass is 290 g/mol. The molecule has 0 aromatic heterocycles. The minimum Gasteiger partial charge on any atom is -0.342 e. The van der Waals surface area contributed by atoms with Gasteiger partial charge in [-0.05, 0) is 38.5 Å². The van der Waals surface area contributed by atoms with Crippen LogP contribution in [0.3, 0.4) is 0 Å². The van der Waals surface area contributed by atoms with E-state index in [1.165, 1.54) is 12.8 Å². The van der Waals surface area contributed by atoms with Crippen LogP contribution in [-0.2, 0) is 4.79 Å². The van der Waals surface area contributed by atoms with E-state index in [0.29, 0.717) is 11.8 Å². The highest BCUT2D eigenvalue weighted by Crippen LogP contribution is 2.23. The lowest BCUT2D eigenvalue weighted by Gasteiger charge is -2.35. The first-order valence-corrected chi connectivity index (χ1v) is 7.64. The molecule has 2 unspecified atom stereocenters. The smallest absolute Gasteiger partial charge is 0.225 e. The van der Waals surface area contributed by atoms with E-state index in [1.807, 2.05) is 0 Å². The molecule has 0 aromatic carbocycles. The molecule has 2 N–H and O–H groups in total. The van der Waals surface area contributed by atoms with Crippen LogP contribution in [0.4, 0.5) is 0 Å². The summed E-state index contributed by atoms with van der Waals surface area (Å²) in [7, 11) is 0. The maximum atomic E-state index is 12.4. The molecule has 1 rings (SSSR count). The number of unbranched alkanes of at least 4 members (excludes halogenated alkanes) is 1. The highest BCUT2D eigenvalue weighted by Gasteiger charge is 2.28. The molecular formula is C15H31ClN2O. The van der Waals surface area contributed by atoms with Crippen molar-refractivity contribution in [3.8, 4) is 0 Å². The summed E-state index contributed by atoms with van der Waals surface area (Å²) in [4.78, 5) is 14.5. The van der Waals surface area contributed by atoms with Gasteiger partial charge in [0.25, 0.3) is 0 Å². The molecule has 114 valence electrons. The normalized spacial score (nSPS) is 19.7. The fourth-order valence-electron chi connectivity index (χ4n) is 2.86. The minimum absolute atomic E-state index is 0. The molecule has 4 heteroatoms. The molecule has 0 radical (unpaired) electrons. The summed E-state index contributed by atoms with van der Waals surface area (Å²) >= 11 is 0. The second kappa shape index (κ2) is 9.60. The second-order valence-electron chi connectivity index (χ2n) is 5.77. The van der Waals surface area contributed by atoms with Gasteiger partial charge >= 0.3 is 0 Å². The summed E-state index contributed by atoms with van der Waals surface area (Å²) < 4.78 is 0. The third-order valence-corrected chi connectivity index (χ3v) is 4.34. The van der Waals surface area contributed by atoms with E-state index in [9.17, 15) is 4.79 Å². The van der Waals surface area contributed by atoms with Gasteiger partial charge in [-0.3, -0.25) is 4.79 Å². The van der Waals surface area contributed by atoms with Crippen LogP contribution in [0.25, 0.3) is 0 Å². The molecule has 1 fully saturated rings. The number of amides is 1. The lowest BCUT2D eigenvalue weighted by atomic mass is 9.89. The summed E-state index contributed by atoms with van der Waals surface area (Å²) in [5.74, 6) is 1.23. The van der Waals surface area contributed by atoms with Crippen molar-refractivity contribution in [2.24, 2.45) is 17.6 Å². The fourth-order valence-corrected chi connectivity index (χ4v) is 2.86. The highest BCUT2D eigenvalue weighted by atomic mass is 35.5. The quantitative estimate of drug-likeness (QED) is 0.816. The van der Waals surface area contributed by atoms with Gasteiger partial charge in [0, 0.05) is 25.0 Å². The van der Waals surface area contributed by atoms with Crippen LogP contribution in [0.5, 0.6) is 0 Å². The summed E-state index contributed by atoms with van der Waals surface area (Å²) in [6, 6.07) is 0.268. The van der Waals surface area contributed by atoms with Gasteiger partial charge in [-0.15, -0.1) is 12.4 Å². The van der Waals surface area contributed by atoms with Crippen molar-refractivity contribution in [1.29, 1.82) is 0 Å². The van der Waals surface area contributed by atoms with Crippen molar-refractivity contribution >= 4 is 18.3 Å². The molecule has 1 saturated heterocycles. The molecule has 1 amide bonds. The van der Waals surface area contributed by atoms with Crippen LogP contribution in [0.15, 0.2) is 0 Å². The molecule has 0 spiro atoms. The molecular weight excluding hydrogens is 260 g/mol. The summed E-state index contributed by atoms with van der Waals surface area (Å²) in [5, 5.41) is 0. The molecule has 0 saturated carbocycles. The number of piperidine rings is 1. The molecule has 19 heavy (non-hydrogen) atoms. The average Bonchev–Trinajstić information content (AvgIpc) is 2.39. The van der Waals surface area contributed by atoms with E-state index in [2.05, 4.69) is 25.7 Å². The first kappa shape index (κ1) is 18.7. The van der Waals surface area contributed by atoms with E-state index in [1.54, 1.807) is 0 Å². The zero-order valence-corrected chi connectivity index (χ0v) is 13.5. The van der Waals surface area contributed by atoms with Crippen LogP contribution in [0.2, 0.25) is 0 Å². The largest absolute Gasteiger partial charge is 0.342 e. The predicted molar refractivity (Wildman–Crippen MR) is 83.5 cm³/mol. The van der Waals surface area contributed by atoms with Gasteiger partial charge in [-0.2, -0.15) is 0 Å². The zero-order valence-electron chi connectivity index (χ0n) is 12.7. The standard InChI is InChI=1S/C15H30N2O.ClH/c1-4-6-7-13(5-2)15(18)17-10-8-14(9-11-17)12(3)16;/h12-14H,4-11,16H2,1-3H3;1H. The van der Waals surface area contributed by atoms with E-state index >= 15 is 0 Å². The van der Waals surface area contributed by atoms with Gasteiger partial charge in [0.05, 0.1) is 0 Å². The Labute approximate surface area is 124 Å². The fraction of sp³-hybridized carbons (Fsp3) is 0.933. The lowest BCUT2D eigenvalue weighted by Crippen LogP contribution is -2.44. The number of hydrogen-bond acceptors (Lipinski definition) is 2. The number of likely N-dealkylation sites (tertiary alicyclic amines) is 1. The van der Waals surface area contributed by atoms with Crippen LogP contribution in [0.1, 0.15) is 59.3 Å². The van der Waals surface area contributed by atoms with Crippen molar-refractivity contribution in [2.75, 3.05) is 13.1 Å². The minimum atomic E-state index is 0. The number of hydrogen-bond donors (Lipinski definition) is 1. The number of carbonyl (C=O) groups is 1. The average molecular weight is 291 g/mol. The number of nitrogens with zero attached hydrogens (tertiary/aromatic N) is 1. The van der Waals surface area contributed by atoms with Gasteiger partial charge in [0.15, 0.2) is 0 Å².